The van der Waals surface area contributed by atoms with Gasteiger partial charge in [0.15, 0.2) is 11.5 Å². The molecule has 142 valence electrons. The normalized spacial score (nSPS) is 15.6. The van der Waals surface area contributed by atoms with Crippen LogP contribution >= 0.6 is 11.6 Å². The molecule has 0 unspecified atom stereocenters. The fraction of sp³-hybridized carbons (Fsp3) is 0.316. The summed E-state index contributed by atoms with van der Waals surface area (Å²) in [6.45, 7) is 2.96. The maximum absolute atomic E-state index is 12.6. The van der Waals surface area contributed by atoms with E-state index in [1.807, 2.05) is 18.2 Å². The van der Waals surface area contributed by atoms with Gasteiger partial charge in [-0.3, -0.25) is 0 Å². The number of nitrogens with one attached hydrogen (secondary N) is 1. The van der Waals surface area contributed by atoms with E-state index >= 15 is 0 Å². The highest BCUT2D eigenvalue weighted by molar-refractivity contribution is 6.31. The number of piperazine rings is 1. The molecule has 0 aliphatic carbocycles. The van der Waals surface area contributed by atoms with Crippen LogP contribution in [0.15, 0.2) is 36.4 Å². The fourth-order valence-electron chi connectivity index (χ4n) is 3.22. The lowest BCUT2D eigenvalue weighted by Gasteiger charge is -2.36. The molecule has 2 aromatic rings. The minimum Gasteiger partial charge on any atom is -0.495 e. The predicted molar refractivity (Wildman–Crippen MR) is 103 cm³/mol. The monoisotopic (exact) mass is 389 g/mol. The van der Waals surface area contributed by atoms with Crippen molar-refractivity contribution < 1.29 is 19.0 Å². The number of benzene rings is 2. The molecule has 1 fully saturated rings. The molecular weight excluding hydrogens is 370 g/mol. The van der Waals surface area contributed by atoms with E-state index in [2.05, 4.69) is 10.2 Å². The van der Waals surface area contributed by atoms with Crippen molar-refractivity contribution in [1.82, 2.24) is 4.90 Å². The van der Waals surface area contributed by atoms with Crippen molar-refractivity contribution in [3.63, 3.8) is 0 Å². The van der Waals surface area contributed by atoms with E-state index in [9.17, 15) is 4.79 Å². The fourth-order valence-corrected chi connectivity index (χ4v) is 3.39. The number of hydrogen-bond acceptors (Lipinski definition) is 5. The van der Waals surface area contributed by atoms with Gasteiger partial charge in [0.1, 0.15) is 5.75 Å². The summed E-state index contributed by atoms with van der Waals surface area (Å²) in [6, 6.07) is 10.9. The van der Waals surface area contributed by atoms with E-state index < -0.39 is 0 Å². The van der Waals surface area contributed by atoms with E-state index in [4.69, 9.17) is 25.8 Å². The van der Waals surface area contributed by atoms with Crippen LogP contribution in [0.4, 0.5) is 16.2 Å². The Morgan fingerprint density at radius 1 is 1.07 bits per heavy atom. The summed E-state index contributed by atoms with van der Waals surface area (Å²) in [7, 11) is 1.56. The zero-order valence-electron chi connectivity index (χ0n) is 14.9. The van der Waals surface area contributed by atoms with Crippen LogP contribution in [-0.4, -0.2) is 51.0 Å². The van der Waals surface area contributed by atoms with Gasteiger partial charge >= 0.3 is 6.03 Å². The molecule has 2 aliphatic rings. The Balaban J connectivity index is 1.38. The molecule has 2 amide bonds. The Kier molecular flexibility index (Phi) is 4.85. The van der Waals surface area contributed by atoms with Crippen molar-refractivity contribution in [2.45, 2.75) is 0 Å². The first-order chi connectivity index (χ1) is 13.1. The molecule has 2 aliphatic heterocycles. The molecule has 1 saturated heterocycles. The molecule has 1 N–H and O–H groups in total. The number of nitrogens with zero attached hydrogens (tertiary/aromatic N) is 2. The number of carbonyl (C=O) groups is 1. The molecule has 7 nitrogen and oxygen atoms in total. The first-order valence-electron chi connectivity index (χ1n) is 8.68. The second-order valence-corrected chi connectivity index (χ2v) is 6.72. The average molecular weight is 390 g/mol. The van der Waals surface area contributed by atoms with Crippen molar-refractivity contribution in [2.75, 3.05) is 50.3 Å². The maximum atomic E-state index is 12.6. The lowest BCUT2D eigenvalue weighted by Crippen LogP contribution is -2.50. The van der Waals surface area contributed by atoms with Crippen LogP contribution in [0.2, 0.25) is 5.02 Å². The van der Waals surface area contributed by atoms with Crippen molar-refractivity contribution in [3.05, 3.63) is 41.4 Å². The van der Waals surface area contributed by atoms with Gasteiger partial charge in [-0.1, -0.05) is 11.6 Å². The van der Waals surface area contributed by atoms with Gasteiger partial charge in [0, 0.05) is 43.0 Å². The van der Waals surface area contributed by atoms with Crippen LogP contribution in [0.5, 0.6) is 17.2 Å². The molecule has 8 heteroatoms. The van der Waals surface area contributed by atoms with Gasteiger partial charge in [-0.15, -0.1) is 0 Å². The van der Waals surface area contributed by atoms with Crippen LogP contribution in [0, 0.1) is 0 Å². The van der Waals surface area contributed by atoms with Crippen LogP contribution < -0.4 is 24.4 Å². The lowest BCUT2D eigenvalue weighted by atomic mass is 10.2. The average Bonchev–Trinajstić information content (AvgIpc) is 3.16. The topological polar surface area (TPSA) is 63.3 Å². The summed E-state index contributed by atoms with van der Waals surface area (Å²) in [6.07, 6.45) is 0. The first-order valence-corrected chi connectivity index (χ1v) is 9.06. The number of anilines is 2. The molecule has 0 radical (unpaired) electrons. The van der Waals surface area contributed by atoms with Gasteiger partial charge in [-0.2, -0.15) is 0 Å². The van der Waals surface area contributed by atoms with E-state index in [0.29, 0.717) is 29.5 Å². The third-order valence-electron chi connectivity index (χ3n) is 4.69. The summed E-state index contributed by atoms with van der Waals surface area (Å²) in [4.78, 5) is 16.6. The molecule has 27 heavy (non-hydrogen) atoms. The first kappa shape index (κ1) is 17.6. The molecule has 4 rings (SSSR count). The van der Waals surface area contributed by atoms with Crippen LogP contribution in [0.3, 0.4) is 0 Å². The van der Waals surface area contributed by atoms with E-state index in [-0.39, 0.29) is 12.8 Å². The van der Waals surface area contributed by atoms with Crippen LogP contribution in [0.25, 0.3) is 0 Å². The number of rotatable bonds is 3. The van der Waals surface area contributed by atoms with Crippen LogP contribution in [-0.2, 0) is 0 Å². The number of amides is 2. The van der Waals surface area contributed by atoms with Gasteiger partial charge < -0.3 is 29.3 Å². The van der Waals surface area contributed by atoms with Gasteiger partial charge in [0.2, 0.25) is 6.79 Å². The third-order valence-corrected chi connectivity index (χ3v) is 4.93. The lowest BCUT2D eigenvalue weighted by molar-refractivity contribution is 0.174. The standard InChI is InChI=1S/C19H20ClN3O4/c1-25-16-4-2-13(20)10-15(16)21-19(24)23-8-6-22(7-9-23)14-3-5-17-18(11-14)27-12-26-17/h2-5,10-11H,6-9,12H2,1H3,(H,21,24). The zero-order chi connectivity index (χ0) is 18.8. The van der Waals surface area contributed by atoms with Gasteiger partial charge in [-0.05, 0) is 30.3 Å². The number of ether oxygens (including phenoxy) is 3. The number of hydrogen-bond donors (Lipinski definition) is 1. The van der Waals surface area contributed by atoms with E-state index in [1.54, 1.807) is 30.2 Å². The maximum Gasteiger partial charge on any atom is 0.322 e. The molecule has 0 bridgehead atoms. The van der Waals surface area contributed by atoms with Gasteiger partial charge in [0.25, 0.3) is 0 Å². The summed E-state index contributed by atoms with van der Waals surface area (Å²) < 4.78 is 16.1. The summed E-state index contributed by atoms with van der Waals surface area (Å²) in [5.74, 6) is 2.11. The third kappa shape index (κ3) is 3.68. The molecule has 2 aromatic carbocycles. The highest BCUT2D eigenvalue weighted by Gasteiger charge is 2.23. The molecule has 0 aromatic heterocycles. The summed E-state index contributed by atoms with van der Waals surface area (Å²) in [5.41, 5.74) is 1.63. The van der Waals surface area contributed by atoms with Crippen molar-refractivity contribution in [3.8, 4) is 17.2 Å². The second kappa shape index (κ2) is 7.44. The number of urea groups is 1. The SMILES string of the molecule is COc1ccc(Cl)cc1NC(=O)N1CCN(c2ccc3c(c2)OCO3)CC1. The minimum absolute atomic E-state index is 0.166. The van der Waals surface area contributed by atoms with Crippen molar-refractivity contribution in [1.29, 1.82) is 0 Å². The summed E-state index contributed by atoms with van der Waals surface area (Å²) >= 11 is 6.02. The molecule has 2 heterocycles. The molecule has 0 saturated carbocycles. The highest BCUT2D eigenvalue weighted by Crippen LogP contribution is 2.35. The molecule has 0 spiro atoms. The number of halogens is 1. The largest absolute Gasteiger partial charge is 0.495 e. The number of methoxy groups -OCH3 is 1. The number of fused-ring (bicyclic) bond motifs is 1. The minimum atomic E-state index is -0.166. The Morgan fingerprint density at radius 3 is 2.63 bits per heavy atom. The Morgan fingerprint density at radius 2 is 1.85 bits per heavy atom. The molecule has 0 atom stereocenters. The summed E-state index contributed by atoms with van der Waals surface area (Å²) in [5, 5.41) is 3.42. The Hall–Kier alpha value is -2.80. The van der Waals surface area contributed by atoms with Gasteiger partial charge in [-0.25, -0.2) is 4.79 Å². The van der Waals surface area contributed by atoms with Crippen molar-refractivity contribution in [2.24, 2.45) is 0 Å². The highest BCUT2D eigenvalue weighted by atomic mass is 35.5. The van der Waals surface area contributed by atoms with Crippen molar-refractivity contribution >= 4 is 29.0 Å². The van der Waals surface area contributed by atoms with E-state index in [1.165, 1.54) is 0 Å². The van der Waals surface area contributed by atoms with Crippen LogP contribution in [0.1, 0.15) is 0 Å². The predicted octanol–water partition coefficient (Wildman–Crippen LogP) is 3.43. The smallest absolute Gasteiger partial charge is 0.322 e. The quantitative estimate of drug-likeness (QED) is 0.871. The Labute approximate surface area is 162 Å². The number of carbonyl (C=O) groups excluding carboxylic acids is 1. The molecular formula is C19H20ClN3O4. The Bertz CT molecular complexity index is 853. The zero-order valence-corrected chi connectivity index (χ0v) is 15.7. The van der Waals surface area contributed by atoms with Gasteiger partial charge in [0.05, 0.1) is 12.8 Å². The second-order valence-electron chi connectivity index (χ2n) is 6.29. The van der Waals surface area contributed by atoms with E-state index in [0.717, 1.165) is 30.3 Å².